The van der Waals surface area contributed by atoms with Crippen LogP contribution < -0.4 is 0 Å². The molecule has 5 nitrogen and oxygen atoms in total. The second-order valence-electron chi connectivity index (χ2n) is 5.35. The van der Waals surface area contributed by atoms with E-state index in [2.05, 4.69) is 5.10 Å². The van der Waals surface area contributed by atoms with Gasteiger partial charge in [0, 0.05) is 12.1 Å². The van der Waals surface area contributed by atoms with Crippen LogP contribution in [0, 0.1) is 5.92 Å². The van der Waals surface area contributed by atoms with Crippen molar-refractivity contribution in [2.24, 2.45) is 11.0 Å². The van der Waals surface area contributed by atoms with Crippen LogP contribution in [0.1, 0.15) is 37.2 Å². The van der Waals surface area contributed by atoms with E-state index in [0.29, 0.717) is 0 Å². The molecule has 1 N–H and O–H groups in total. The van der Waals surface area contributed by atoms with Crippen LogP contribution in [0.3, 0.4) is 0 Å². The normalized spacial score (nSPS) is 22.8. The van der Waals surface area contributed by atoms with E-state index in [9.17, 15) is 23.1 Å². The Bertz CT molecular complexity index is 552. The average Bonchev–Trinajstić information content (AvgIpc) is 2.95. The van der Waals surface area contributed by atoms with Crippen molar-refractivity contribution >= 4 is 11.6 Å². The molecule has 2 rings (SSSR count). The van der Waals surface area contributed by atoms with Crippen LogP contribution in [0.5, 0.6) is 0 Å². The first-order chi connectivity index (χ1) is 9.65. The first kappa shape index (κ1) is 15.6. The molecule has 1 aromatic rings. The van der Waals surface area contributed by atoms with E-state index in [-0.39, 0.29) is 28.8 Å². The largest absolute Gasteiger partial charge is 0.459 e. The topological polar surface area (TPSA) is 66.0 Å². The molecule has 116 valence electrons. The lowest BCUT2D eigenvalue weighted by atomic mass is 9.99. The molecule has 0 spiro atoms. The van der Waals surface area contributed by atoms with Gasteiger partial charge >= 0.3 is 12.1 Å². The van der Waals surface area contributed by atoms with E-state index in [1.165, 1.54) is 12.1 Å². The summed E-state index contributed by atoms with van der Waals surface area (Å²) in [6.45, 7) is 3.62. The first-order valence-corrected chi connectivity index (χ1v) is 6.38. The van der Waals surface area contributed by atoms with E-state index in [4.69, 9.17) is 4.42 Å². The number of carbonyl (C=O) groups is 1. The molecule has 1 amide bonds. The zero-order valence-corrected chi connectivity index (χ0v) is 11.5. The molecular weight excluding hydrogens is 289 g/mol. The van der Waals surface area contributed by atoms with Gasteiger partial charge in [0.1, 0.15) is 0 Å². The van der Waals surface area contributed by atoms with Crippen molar-refractivity contribution in [1.82, 2.24) is 5.01 Å². The summed E-state index contributed by atoms with van der Waals surface area (Å²) in [5.74, 6) is -1.38. The predicted molar refractivity (Wildman–Crippen MR) is 67.4 cm³/mol. The van der Waals surface area contributed by atoms with Gasteiger partial charge in [0.05, 0.1) is 6.26 Å². The van der Waals surface area contributed by atoms with E-state index < -0.39 is 24.2 Å². The molecule has 0 saturated heterocycles. The number of furan rings is 1. The number of hydrazone groups is 1. The SMILES string of the molecule is CC(C)CC1=NN(C(=O)c2ccco2)C(O)(C(F)(F)F)C1. The fourth-order valence-corrected chi connectivity index (χ4v) is 2.14. The second-order valence-corrected chi connectivity index (χ2v) is 5.35. The fourth-order valence-electron chi connectivity index (χ4n) is 2.14. The Morgan fingerprint density at radius 1 is 1.57 bits per heavy atom. The zero-order chi connectivity index (χ0) is 15.8. The third-order valence-electron chi connectivity index (χ3n) is 3.06. The smallest absolute Gasteiger partial charge is 0.438 e. The molecule has 8 heteroatoms. The van der Waals surface area contributed by atoms with Gasteiger partial charge in [-0.25, -0.2) is 0 Å². The maximum atomic E-state index is 13.2. The van der Waals surface area contributed by atoms with Crippen molar-refractivity contribution in [3.05, 3.63) is 24.2 Å². The molecule has 1 atom stereocenters. The average molecular weight is 304 g/mol. The summed E-state index contributed by atoms with van der Waals surface area (Å²) in [6, 6.07) is 2.59. The third-order valence-corrected chi connectivity index (χ3v) is 3.06. The van der Waals surface area contributed by atoms with Crippen LogP contribution in [-0.2, 0) is 0 Å². The lowest BCUT2D eigenvalue weighted by Gasteiger charge is -2.32. The zero-order valence-electron chi connectivity index (χ0n) is 11.5. The molecule has 1 aromatic heterocycles. The molecule has 1 aliphatic heterocycles. The summed E-state index contributed by atoms with van der Waals surface area (Å²) in [4.78, 5) is 12.1. The Morgan fingerprint density at radius 3 is 2.71 bits per heavy atom. The maximum absolute atomic E-state index is 13.2. The number of carbonyl (C=O) groups excluding carboxylic acids is 1. The number of hydrogen-bond acceptors (Lipinski definition) is 4. The van der Waals surface area contributed by atoms with E-state index in [1.54, 1.807) is 0 Å². The summed E-state index contributed by atoms with van der Waals surface area (Å²) in [7, 11) is 0. The molecule has 0 radical (unpaired) electrons. The Kier molecular flexibility index (Phi) is 3.83. The van der Waals surface area contributed by atoms with Crippen molar-refractivity contribution in [2.75, 3.05) is 0 Å². The number of alkyl halides is 3. The minimum Gasteiger partial charge on any atom is -0.459 e. The van der Waals surface area contributed by atoms with Crippen LogP contribution in [0.15, 0.2) is 27.9 Å². The lowest BCUT2D eigenvalue weighted by Crippen LogP contribution is -2.56. The van der Waals surface area contributed by atoms with Gasteiger partial charge in [-0.05, 0) is 24.5 Å². The molecule has 2 heterocycles. The number of nitrogens with zero attached hydrogens (tertiary/aromatic N) is 2. The molecule has 1 aliphatic rings. The summed E-state index contributed by atoms with van der Waals surface area (Å²) in [5, 5.41) is 13.7. The van der Waals surface area contributed by atoms with Gasteiger partial charge in [-0.15, -0.1) is 0 Å². The van der Waals surface area contributed by atoms with Gasteiger partial charge in [-0.3, -0.25) is 4.79 Å². The highest BCUT2D eigenvalue weighted by Gasteiger charge is 2.63. The van der Waals surface area contributed by atoms with Gasteiger partial charge in [0.15, 0.2) is 5.76 Å². The number of hydrogen-bond donors (Lipinski definition) is 1. The van der Waals surface area contributed by atoms with Crippen molar-refractivity contribution in [1.29, 1.82) is 0 Å². The quantitative estimate of drug-likeness (QED) is 0.933. The highest BCUT2D eigenvalue weighted by Crippen LogP contribution is 2.41. The van der Waals surface area contributed by atoms with Crippen molar-refractivity contribution in [3.8, 4) is 0 Å². The van der Waals surface area contributed by atoms with E-state index in [0.717, 1.165) is 6.26 Å². The molecular formula is C13H15F3N2O3. The molecule has 0 bridgehead atoms. The van der Waals surface area contributed by atoms with Gasteiger partial charge in [0.2, 0.25) is 0 Å². The maximum Gasteiger partial charge on any atom is 0.438 e. The molecule has 0 aromatic carbocycles. The van der Waals surface area contributed by atoms with Crippen LogP contribution in [-0.4, -0.2) is 33.6 Å². The molecule has 0 fully saturated rings. The predicted octanol–water partition coefficient (Wildman–Crippen LogP) is 2.78. The van der Waals surface area contributed by atoms with Crippen LogP contribution in [0.2, 0.25) is 0 Å². The Labute approximate surface area is 119 Å². The number of rotatable bonds is 3. The van der Waals surface area contributed by atoms with E-state index in [1.807, 2.05) is 13.8 Å². The van der Waals surface area contributed by atoms with Crippen LogP contribution in [0.25, 0.3) is 0 Å². The van der Waals surface area contributed by atoms with Gasteiger partial charge in [-0.2, -0.15) is 23.3 Å². The fraction of sp³-hybridized carbons (Fsp3) is 0.538. The monoisotopic (exact) mass is 304 g/mol. The van der Waals surface area contributed by atoms with Gasteiger partial charge < -0.3 is 9.52 Å². The summed E-state index contributed by atoms with van der Waals surface area (Å²) >= 11 is 0. The summed E-state index contributed by atoms with van der Waals surface area (Å²) in [5.41, 5.74) is -3.20. The van der Waals surface area contributed by atoms with E-state index >= 15 is 0 Å². The third kappa shape index (κ3) is 2.80. The highest BCUT2D eigenvalue weighted by atomic mass is 19.4. The number of aliphatic hydroxyl groups is 1. The first-order valence-electron chi connectivity index (χ1n) is 6.38. The Hall–Kier alpha value is -1.83. The van der Waals surface area contributed by atoms with Crippen LogP contribution in [0.4, 0.5) is 13.2 Å². The second kappa shape index (κ2) is 5.18. The highest BCUT2D eigenvalue weighted by molar-refractivity contribution is 5.96. The van der Waals surface area contributed by atoms with Crippen molar-refractivity contribution in [2.45, 2.75) is 38.6 Å². The number of halogens is 3. The van der Waals surface area contributed by atoms with Gasteiger partial charge in [-0.1, -0.05) is 13.8 Å². The van der Waals surface area contributed by atoms with Crippen molar-refractivity contribution in [3.63, 3.8) is 0 Å². The lowest BCUT2D eigenvalue weighted by molar-refractivity contribution is -0.297. The summed E-state index contributed by atoms with van der Waals surface area (Å²) < 4.78 is 44.3. The molecule has 21 heavy (non-hydrogen) atoms. The minimum absolute atomic E-state index is 0.0555. The number of amides is 1. The Balaban J connectivity index is 2.36. The molecule has 0 aliphatic carbocycles. The summed E-state index contributed by atoms with van der Waals surface area (Å²) in [6.07, 6.45) is -4.34. The minimum atomic E-state index is -5.02. The molecule has 0 saturated carbocycles. The van der Waals surface area contributed by atoms with Gasteiger partial charge in [0.25, 0.3) is 5.72 Å². The standard InChI is InChI=1S/C13H15F3N2O3/c1-8(2)6-9-7-12(20,13(14,15)16)18(17-9)11(19)10-4-3-5-21-10/h3-5,8,20H,6-7H2,1-2H3. The van der Waals surface area contributed by atoms with Crippen LogP contribution >= 0.6 is 0 Å². The van der Waals surface area contributed by atoms with Crippen molar-refractivity contribution < 1.29 is 27.5 Å². The molecule has 1 unspecified atom stereocenters. The Morgan fingerprint density at radius 2 is 2.24 bits per heavy atom.